The summed E-state index contributed by atoms with van der Waals surface area (Å²) < 4.78 is 0. The van der Waals surface area contributed by atoms with Crippen molar-refractivity contribution in [1.29, 1.82) is 0 Å². The molecule has 0 unspecified atom stereocenters. The number of benzene rings is 1. The maximum atomic E-state index is 13.0. The molecule has 1 aromatic heterocycles. The highest BCUT2D eigenvalue weighted by atomic mass is 16.3. The number of piperidine rings is 2. The van der Waals surface area contributed by atoms with Crippen molar-refractivity contribution in [1.82, 2.24) is 15.2 Å². The molecule has 2 saturated heterocycles. The van der Waals surface area contributed by atoms with E-state index in [1.54, 1.807) is 6.20 Å². The third-order valence-electron chi connectivity index (χ3n) is 5.68. The number of nitrogens with one attached hydrogen (secondary N) is 1. The number of nitrogens with zero attached hydrogens (tertiary/aromatic N) is 2. The zero-order chi connectivity index (χ0) is 18.0. The zero-order valence-electron chi connectivity index (χ0n) is 14.8. The molecule has 2 aromatic rings. The normalized spacial score (nSPS) is 29.5. The molecule has 0 radical (unpaired) electrons. The van der Waals surface area contributed by atoms with Gasteiger partial charge in [-0.1, -0.05) is 36.4 Å². The van der Waals surface area contributed by atoms with Crippen LogP contribution in [0.5, 0.6) is 0 Å². The molecule has 5 nitrogen and oxygen atoms in total. The second-order valence-corrected chi connectivity index (χ2v) is 7.55. The van der Waals surface area contributed by atoms with Gasteiger partial charge in [0.1, 0.15) is 0 Å². The van der Waals surface area contributed by atoms with E-state index in [0.717, 1.165) is 37.2 Å². The Balaban J connectivity index is 1.49. The minimum absolute atomic E-state index is 0.0716. The largest absolute Gasteiger partial charge is 0.391 e. The Bertz CT molecular complexity index is 746. The molecule has 0 saturated carbocycles. The van der Waals surface area contributed by atoms with Crippen molar-refractivity contribution in [2.24, 2.45) is 5.41 Å². The van der Waals surface area contributed by atoms with Crippen LogP contribution in [-0.2, 0) is 11.3 Å². The van der Waals surface area contributed by atoms with Crippen LogP contribution in [0.1, 0.15) is 36.6 Å². The molecule has 26 heavy (non-hydrogen) atoms. The molecule has 1 spiro atoms. The van der Waals surface area contributed by atoms with Crippen molar-refractivity contribution in [3.63, 3.8) is 0 Å². The second kappa shape index (κ2) is 7.17. The van der Waals surface area contributed by atoms with Crippen molar-refractivity contribution in [2.75, 3.05) is 13.1 Å². The Morgan fingerprint density at radius 2 is 2.00 bits per heavy atom. The topological polar surface area (TPSA) is 65.5 Å². The van der Waals surface area contributed by atoms with E-state index in [1.807, 2.05) is 48.5 Å². The van der Waals surface area contributed by atoms with Crippen molar-refractivity contribution in [3.8, 4) is 0 Å². The molecular weight excluding hydrogens is 326 g/mol. The van der Waals surface area contributed by atoms with Gasteiger partial charge >= 0.3 is 0 Å². The van der Waals surface area contributed by atoms with Crippen LogP contribution in [0.25, 0.3) is 0 Å². The summed E-state index contributed by atoms with van der Waals surface area (Å²) in [7, 11) is 0. The van der Waals surface area contributed by atoms with Crippen LogP contribution in [0.4, 0.5) is 0 Å². The molecule has 1 amide bonds. The number of pyridine rings is 1. The van der Waals surface area contributed by atoms with Gasteiger partial charge < -0.3 is 10.4 Å². The highest BCUT2D eigenvalue weighted by Gasteiger charge is 2.49. The van der Waals surface area contributed by atoms with Gasteiger partial charge in [0.2, 0.25) is 5.91 Å². The number of carbonyl (C=O) groups excluding carboxylic acids is 1. The highest BCUT2D eigenvalue weighted by Crippen LogP contribution is 2.41. The van der Waals surface area contributed by atoms with Crippen LogP contribution >= 0.6 is 0 Å². The van der Waals surface area contributed by atoms with E-state index in [9.17, 15) is 9.90 Å². The number of likely N-dealkylation sites (tertiary alicyclic amines) is 1. The van der Waals surface area contributed by atoms with Gasteiger partial charge in [-0.2, -0.15) is 0 Å². The van der Waals surface area contributed by atoms with Crippen LogP contribution < -0.4 is 5.32 Å². The smallest absolute Gasteiger partial charge is 0.228 e. The molecule has 0 aliphatic carbocycles. The summed E-state index contributed by atoms with van der Waals surface area (Å²) in [5.74, 6) is 0.0716. The third-order valence-corrected chi connectivity index (χ3v) is 5.68. The van der Waals surface area contributed by atoms with E-state index in [1.165, 1.54) is 0 Å². The van der Waals surface area contributed by atoms with Gasteiger partial charge in [-0.05, 0) is 43.5 Å². The van der Waals surface area contributed by atoms with Crippen LogP contribution in [0.2, 0.25) is 0 Å². The SMILES string of the molecule is O=C1N[C@@H](c2ccccc2)[C@H](O)C[C@@]12CCCN(Cc1ccccn1)C2. The van der Waals surface area contributed by atoms with Crippen LogP contribution in [0.15, 0.2) is 54.7 Å². The van der Waals surface area contributed by atoms with E-state index in [4.69, 9.17) is 0 Å². The second-order valence-electron chi connectivity index (χ2n) is 7.55. The molecule has 3 heterocycles. The molecule has 3 atom stereocenters. The quantitative estimate of drug-likeness (QED) is 0.890. The maximum Gasteiger partial charge on any atom is 0.228 e. The van der Waals surface area contributed by atoms with Gasteiger partial charge in [-0.3, -0.25) is 14.7 Å². The Kier molecular flexibility index (Phi) is 4.74. The molecule has 4 rings (SSSR count). The monoisotopic (exact) mass is 351 g/mol. The molecule has 0 bridgehead atoms. The molecule has 2 aliphatic heterocycles. The average Bonchev–Trinajstić information content (AvgIpc) is 2.66. The van der Waals surface area contributed by atoms with Gasteiger partial charge in [0.15, 0.2) is 0 Å². The predicted octanol–water partition coefficient (Wildman–Crippen LogP) is 2.29. The average molecular weight is 351 g/mol. The number of hydrogen-bond acceptors (Lipinski definition) is 4. The first-order chi connectivity index (χ1) is 12.7. The summed E-state index contributed by atoms with van der Waals surface area (Å²) in [6.45, 7) is 2.38. The van der Waals surface area contributed by atoms with Crippen molar-refractivity contribution in [2.45, 2.75) is 38.0 Å². The lowest BCUT2D eigenvalue weighted by Gasteiger charge is -2.47. The van der Waals surface area contributed by atoms with Crippen LogP contribution in [0, 0.1) is 5.41 Å². The molecular formula is C21H25N3O2. The number of amides is 1. The first-order valence-corrected chi connectivity index (χ1v) is 9.33. The fourth-order valence-corrected chi connectivity index (χ4v) is 4.40. The molecule has 2 fully saturated rings. The fourth-order valence-electron chi connectivity index (χ4n) is 4.40. The van der Waals surface area contributed by atoms with Crippen LogP contribution in [-0.4, -0.2) is 40.1 Å². The minimum atomic E-state index is -0.565. The van der Waals surface area contributed by atoms with E-state index in [0.29, 0.717) is 13.0 Å². The van der Waals surface area contributed by atoms with Crippen molar-refractivity contribution < 1.29 is 9.90 Å². The van der Waals surface area contributed by atoms with Gasteiger partial charge in [0.25, 0.3) is 0 Å². The van der Waals surface area contributed by atoms with Gasteiger partial charge in [-0.25, -0.2) is 0 Å². The Morgan fingerprint density at radius 3 is 2.77 bits per heavy atom. The Hall–Kier alpha value is -2.24. The molecule has 5 heteroatoms. The molecule has 2 N–H and O–H groups in total. The third kappa shape index (κ3) is 3.37. The van der Waals surface area contributed by atoms with E-state index in [-0.39, 0.29) is 11.9 Å². The molecule has 2 aliphatic rings. The van der Waals surface area contributed by atoms with E-state index >= 15 is 0 Å². The van der Waals surface area contributed by atoms with Gasteiger partial charge in [0, 0.05) is 19.3 Å². The number of carbonyl (C=O) groups is 1. The summed E-state index contributed by atoms with van der Waals surface area (Å²) in [5.41, 5.74) is 1.48. The highest BCUT2D eigenvalue weighted by molar-refractivity contribution is 5.84. The number of aliphatic hydroxyl groups excluding tert-OH is 1. The molecule has 136 valence electrons. The summed E-state index contributed by atoms with van der Waals surface area (Å²) in [6, 6.07) is 15.3. The first kappa shape index (κ1) is 17.2. The lowest BCUT2D eigenvalue weighted by Crippen LogP contribution is -2.59. The van der Waals surface area contributed by atoms with Crippen molar-refractivity contribution >= 4 is 5.91 Å². The maximum absolute atomic E-state index is 13.0. The van der Waals surface area contributed by atoms with Gasteiger partial charge in [-0.15, -0.1) is 0 Å². The lowest BCUT2D eigenvalue weighted by atomic mass is 9.70. The number of hydrogen-bond donors (Lipinski definition) is 2. The van der Waals surface area contributed by atoms with Crippen LogP contribution in [0.3, 0.4) is 0 Å². The Morgan fingerprint density at radius 1 is 1.19 bits per heavy atom. The minimum Gasteiger partial charge on any atom is -0.391 e. The fraction of sp³-hybridized carbons (Fsp3) is 0.429. The standard InChI is InChI=1S/C21H25N3O2/c25-18-13-21(20(26)23-19(18)16-7-2-1-3-8-16)10-6-12-24(15-21)14-17-9-4-5-11-22-17/h1-5,7-9,11,18-19,25H,6,10,12-15H2,(H,23,26)/t18-,19+,21-/m1/s1. The number of aliphatic hydroxyl groups is 1. The number of aromatic nitrogens is 1. The number of rotatable bonds is 3. The lowest BCUT2D eigenvalue weighted by molar-refractivity contribution is -0.145. The van der Waals surface area contributed by atoms with E-state index < -0.39 is 11.5 Å². The summed E-state index contributed by atoms with van der Waals surface area (Å²) in [6.07, 6.45) is 3.54. The Labute approximate surface area is 154 Å². The summed E-state index contributed by atoms with van der Waals surface area (Å²) in [4.78, 5) is 19.7. The van der Waals surface area contributed by atoms with E-state index in [2.05, 4.69) is 15.2 Å². The predicted molar refractivity (Wildman–Crippen MR) is 99.1 cm³/mol. The zero-order valence-corrected chi connectivity index (χ0v) is 14.8. The molecule has 1 aromatic carbocycles. The summed E-state index contributed by atoms with van der Waals surface area (Å²) >= 11 is 0. The summed E-state index contributed by atoms with van der Waals surface area (Å²) in [5, 5.41) is 13.9. The van der Waals surface area contributed by atoms with Gasteiger partial charge in [0.05, 0.1) is 23.3 Å². The van der Waals surface area contributed by atoms with Crippen molar-refractivity contribution in [3.05, 3.63) is 66.0 Å². The first-order valence-electron chi connectivity index (χ1n) is 9.33.